The number of aryl methyl sites for hydroxylation is 1. The molecule has 33 heavy (non-hydrogen) atoms. The number of benzene rings is 4. The van der Waals surface area contributed by atoms with Crippen LogP contribution in [0.3, 0.4) is 0 Å². The third kappa shape index (κ3) is 4.29. The molecule has 1 heterocycles. The van der Waals surface area contributed by atoms with Crippen LogP contribution in [0.25, 0.3) is 10.8 Å². The summed E-state index contributed by atoms with van der Waals surface area (Å²) in [6.07, 6.45) is 2.05. The molecular formula is C28H26N2O2S. The predicted octanol–water partition coefficient (Wildman–Crippen LogP) is 6.33. The Kier molecular flexibility index (Phi) is 5.97. The van der Waals surface area contributed by atoms with Gasteiger partial charge in [-0.2, -0.15) is 0 Å². The van der Waals surface area contributed by atoms with Crippen LogP contribution >= 0.6 is 11.8 Å². The van der Waals surface area contributed by atoms with E-state index in [0.29, 0.717) is 18.7 Å². The number of ether oxygens (including phenoxy) is 1. The molecule has 0 radical (unpaired) electrons. The molecule has 4 aromatic rings. The van der Waals surface area contributed by atoms with Crippen molar-refractivity contribution in [2.45, 2.75) is 18.4 Å². The highest BCUT2D eigenvalue weighted by atomic mass is 32.2. The first kappa shape index (κ1) is 21.4. The third-order valence-corrected chi connectivity index (χ3v) is 6.85. The van der Waals surface area contributed by atoms with Crippen molar-refractivity contribution in [3.8, 4) is 5.75 Å². The summed E-state index contributed by atoms with van der Waals surface area (Å²) in [5.41, 5.74) is 5.09. The molecule has 1 aliphatic heterocycles. The van der Waals surface area contributed by atoms with Crippen molar-refractivity contribution in [3.05, 3.63) is 95.6 Å². The van der Waals surface area contributed by atoms with Gasteiger partial charge in [0.15, 0.2) is 0 Å². The van der Waals surface area contributed by atoms with Gasteiger partial charge in [-0.3, -0.25) is 4.79 Å². The number of fused-ring (bicyclic) bond motifs is 2. The molecular weight excluding hydrogens is 428 g/mol. The molecule has 0 spiro atoms. The van der Waals surface area contributed by atoms with Gasteiger partial charge >= 0.3 is 0 Å². The van der Waals surface area contributed by atoms with Gasteiger partial charge < -0.3 is 15.0 Å². The highest BCUT2D eigenvalue weighted by molar-refractivity contribution is 7.98. The van der Waals surface area contributed by atoms with Gasteiger partial charge in [0, 0.05) is 28.1 Å². The molecule has 5 rings (SSSR count). The zero-order valence-corrected chi connectivity index (χ0v) is 19.6. The van der Waals surface area contributed by atoms with E-state index in [2.05, 4.69) is 71.9 Å². The van der Waals surface area contributed by atoms with Crippen LogP contribution in [0, 0.1) is 6.92 Å². The maximum atomic E-state index is 12.8. The number of hydrogen-bond donors (Lipinski definition) is 1. The summed E-state index contributed by atoms with van der Waals surface area (Å²) in [4.78, 5) is 16.3. The number of thioether (sulfide) groups is 1. The summed E-state index contributed by atoms with van der Waals surface area (Å²) in [6, 6.07) is 26.8. The highest BCUT2D eigenvalue weighted by Gasteiger charge is 2.22. The van der Waals surface area contributed by atoms with Gasteiger partial charge in [-0.15, -0.1) is 11.8 Å². The molecule has 5 heteroatoms. The van der Waals surface area contributed by atoms with E-state index in [1.165, 1.54) is 21.2 Å². The summed E-state index contributed by atoms with van der Waals surface area (Å²) in [6.45, 7) is 3.97. The number of carbonyl (C=O) groups excluding carboxylic acids is 1. The number of hydrogen-bond acceptors (Lipinski definition) is 4. The minimum Gasteiger partial charge on any atom is -0.490 e. The summed E-state index contributed by atoms with van der Waals surface area (Å²) < 4.78 is 5.97. The number of nitrogens with zero attached hydrogens (tertiary/aromatic N) is 1. The van der Waals surface area contributed by atoms with Gasteiger partial charge in [0.05, 0.1) is 12.2 Å². The van der Waals surface area contributed by atoms with Crippen LogP contribution in [0.2, 0.25) is 0 Å². The smallest absolute Gasteiger partial charge is 0.251 e. The molecule has 1 N–H and O–H groups in total. The van der Waals surface area contributed by atoms with E-state index in [1.54, 1.807) is 11.8 Å². The van der Waals surface area contributed by atoms with Gasteiger partial charge in [-0.1, -0.05) is 42.5 Å². The van der Waals surface area contributed by atoms with Gasteiger partial charge in [0.1, 0.15) is 12.4 Å². The van der Waals surface area contributed by atoms with E-state index in [9.17, 15) is 4.79 Å². The molecule has 0 saturated carbocycles. The summed E-state index contributed by atoms with van der Waals surface area (Å²) in [5.74, 6) is 0.635. The summed E-state index contributed by atoms with van der Waals surface area (Å²) in [5, 5.41) is 5.49. The Labute approximate surface area is 198 Å². The average molecular weight is 455 g/mol. The monoisotopic (exact) mass is 454 g/mol. The largest absolute Gasteiger partial charge is 0.490 e. The summed E-state index contributed by atoms with van der Waals surface area (Å²) in [7, 11) is 0. The Balaban J connectivity index is 1.39. The van der Waals surface area contributed by atoms with E-state index in [1.807, 2.05) is 30.3 Å². The number of nitrogens with one attached hydrogen (secondary N) is 1. The summed E-state index contributed by atoms with van der Waals surface area (Å²) >= 11 is 1.71. The molecule has 0 saturated heterocycles. The van der Waals surface area contributed by atoms with Crippen molar-refractivity contribution in [2.24, 2.45) is 0 Å². The van der Waals surface area contributed by atoms with Crippen LogP contribution in [0.15, 0.2) is 83.8 Å². The topological polar surface area (TPSA) is 41.6 Å². The van der Waals surface area contributed by atoms with Crippen molar-refractivity contribution in [1.29, 1.82) is 0 Å². The lowest BCUT2D eigenvalue weighted by Crippen LogP contribution is -2.29. The van der Waals surface area contributed by atoms with Crippen LogP contribution < -0.4 is 15.0 Å². The second kappa shape index (κ2) is 9.20. The molecule has 0 unspecified atom stereocenters. The molecule has 1 aliphatic rings. The lowest BCUT2D eigenvalue weighted by molar-refractivity contribution is 0.0950. The SMILES string of the molecule is CSc1ccc(CNC(=O)c2ccc3c(c2)OCCN3c2ccc(C)c3ccccc23)cc1. The Morgan fingerprint density at radius 2 is 1.73 bits per heavy atom. The van der Waals surface area contributed by atoms with E-state index < -0.39 is 0 Å². The lowest BCUT2D eigenvalue weighted by Gasteiger charge is -2.32. The molecule has 0 fully saturated rings. The van der Waals surface area contributed by atoms with Crippen LogP contribution in [0.1, 0.15) is 21.5 Å². The minimum absolute atomic E-state index is 0.103. The standard InChI is InChI=1S/C28H26N2O2S/c1-19-7-13-25(24-6-4-3-5-23(19)24)30-15-16-32-27-17-21(10-14-26(27)30)28(31)29-18-20-8-11-22(33-2)12-9-20/h3-14,17H,15-16,18H2,1-2H3,(H,29,31). The quantitative estimate of drug-likeness (QED) is 0.358. The van der Waals surface area contributed by atoms with Crippen molar-refractivity contribution in [1.82, 2.24) is 5.32 Å². The van der Waals surface area contributed by atoms with Crippen LogP contribution in [-0.4, -0.2) is 25.3 Å². The second-order valence-electron chi connectivity index (χ2n) is 8.16. The predicted molar refractivity (Wildman–Crippen MR) is 137 cm³/mol. The number of amides is 1. The van der Waals surface area contributed by atoms with E-state index in [4.69, 9.17) is 4.74 Å². The zero-order valence-electron chi connectivity index (χ0n) is 18.8. The molecule has 0 aromatic heterocycles. The van der Waals surface area contributed by atoms with Gasteiger partial charge in [-0.25, -0.2) is 0 Å². The third-order valence-electron chi connectivity index (χ3n) is 6.11. The van der Waals surface area contributed by atoms with Crippen LogP contribution in [0.5, 0.6) is 5.75 Å². The van der Waals surface area contributed by atoms with E-state index in [-0.39, 0.29) is 5.91 Å². The Hall–Kier alpha value is -3.44. The Bertz CT molecular complexity index is 1320. The maximum Gasteiger partial charge on any atom is 0.251 e. The molecule has 0 aliphatic carbocycles. The number of rotatable bonds is 5. The first-order chi connectivity index (χ1) is 16.1. The van der Waals surface area contributed by atoms with E-state index in [0.717, 1.165) is 29.2 Å². The molecule has 166 valence electrons. The fourth-order valence-electron chi connectivity index (χ4n) is 4.31. The first-order valence-corrected chi connectivity index (χ1v) is 12.3. The molecule has 4 nitrogen and oxygen atoms in total. The molecule has 1 amide bonds. The molecule has 0 atom stereocenters. The molecule has 4 aromatic carbocycles. The van der Waals surface area contributed by atoms with Gasteiger partial charge in [0.25, 0.3) is 5.91 Å². The average Bonchev–Trinajstić information content (AvgIpc) is 2.87. The van der Waals surface area contributed by atoms with Crippen molar-refractivity contribution in [2.75, 3.05) is 24.3 Å². The second-order valence-corrected chi connectivity index (χ2v) is 9.04. The van der Waals surface area contributed by atoms with Crippen molar-refractivity contribution < 1.29 is 9.53 Å². The van der Waals surface area contributed by atoms with Crippen molar-refractivity contribution >= 4 is 39.8 Å². The highest BCUT2D eigenvalue weighted by Crippen LogP contribution is 2.40. The van der Waals surface area contributed by atoms with E-state index >= 15 is 0 Å². The number of anilines is 2. The van der Waals surface area contributed by atoms with Crippen LogP contribution in [-0.2, 0) is 6.54 Å². The Morgan fingerprint density at radius 3 is 2.52 bits per heavy atom. The normalized spacial score (nSPS) is 12.8. The zero-order chi connectivity index (χ0) is 22.8. The first-order valence-electron chi connectivity index (χ1n) is 11.1. The van der Waals surface area contributed by atoms with Gasteiger partial charge in [0.2, 0.25) is 0 Å². The Morgan fingerprint density at radius 1 is 0.970 bits per heavy atom. The minimum atomic E-state index is -0.103. The number of carbonyl (C=O) groups is 1. The fraction of sp³-hybridized carbons (Fsp3) is 0.179. The van der Waals surface area contributed by atoms with Gasteiger partial charge in [-0.05, 0) is 66.1 Å². The fourth-order valence-corrected chi connectivity index (χ4v) is 4.72. The molecule has 0 bridgehead atoms. The lowest BCUT2D eigenvalue weighted by atomic mass is 10.0. The van der Waals surface area contributed by atoms with Crippen LogP contribution in [0.4, 0.5) is 11.4 Å². The van der Waals surface area contributed by atoms with Crippen molar-refractivity contribution in [3.63, 3.8) is 0 Å². The maximum absolute atomic E-state index is 12.8.